The largest absolute Gasteiger partial charge is 0.395 e. The van der Waals surface area contributed by atoms with Crippen LogP contribution in [0.4, 0.5) is 0 Å². The molecule has 7 heteroatoms. The van der Waals surface area contributed by atoms with E-state index in [0.29, 0.717) is 12.5 Å². The fraction of sp³-hybridized carbons (Fsp3) is 0.400. The maximum atomic E-state index is 10.3. The summed E-state index contributed by atoms with van der Waals surface area (Å²) in [5.41, 5.74) is 0. The van der Waals surface area contributed by atoms with Crippen molar-refractivity contribution < 1.29 is 10.2 Å². The van der Waals surface area contributed by atoms with Crippen molar-refractivity contribution in [1.29, 1.82) is 0 Å². The lowest BCUT2D eigenvalue weighted by Crippen LogP contribution is -2.39. The average Bonchev–Trinajstić information content (AvgIpc) is 2.93. The number of thiophene rings is 1. The zero-order chi connectivity index (χ0) is 15.1. The third-order valence-electron chi connectivity index (χ3n) is 2.94. The van der Waals surface area contributed by atoms with E-state index >= 15 is 0 Å². The Bertz CT molecular complexity index is 570. The molecule has 2 rings (SSSR count). The molecule has 1 aromatic carbocycles. The molecule has 0 spiro atoms. The molecule has 0 aliphatic rings. The number of rotatable bonds is 6. The van der Waals surface area contributed by atoms with Gasteiger partial charge in [-0.05, 0) is 24.4 Å². The Balaban J connectivity index is 0.00000242. The predicted molar refractivity (Wildman–Crippen MR) is 103 cm³/mol. The summed E-state index contributed by atoms with van der Waals surface area (Å²) in [5.74, 6) is 0.603. The highest BCUT2D eigenvalue weighted by atomic mass is 127. The van der Waals surface area contributed by atoms with Crippen LogP contribution in [0.3, 0.4) is 0 Å². The van der Waals surface area contributed by atoms with Gasteiger partial charge < -0.3 is 20.8 Å². The van der Waals surface area contributed by atoms with Gasteiger partial charge in [0.05, 0.1) is 13.2 Å². The van der Waals surface area contributed by atoms with E-state index in [1.807, 2.05) is 37.3 Å². The van der Waals surface area contributed by atoms with Crippen molar-refractivity contribution in [2.24, 2.45) is 4.99 Å². The number of hydrogen-bond donors (Lipinski definition) is 4. The number of fused-ring (bicyclic) bond motifs is 1. The van der Waals surface area contributed by atoms with Crippen molar-refractivity contribution in [2.75, 3.05) is 26.2 Å². The second kappa shape index (κ2) is 9.98. The van der Waals surface area contributed by atoms with Crippen molar-refractivity contribution in [3.05, 3.63) is 35.2 Å². The number of nitrogens with zero attached hydrogens (tertiary/aromatic N) is 1. The molecule has 0 amide bonds. The molecule has 122 valence electrons. The highest BCUT2D eigenvalue weighted by Gasteiger charge is 2.11. The molecular formula is C15H22IN3O2S. The Kier molecular flexibility index (Phi) is 8.69. The van der Waals surface area contributed by atoms with Crippen LogP contribution < -0.4 is 10.6 Å². The van der Waals surface area contributed by atoms with Gasteiger partial charge in [0.1, 0.15) is 6.10 Å². The number of nitrogens with one attached hydrogen (secondary N) is 2. The fourth-order valence-corrected chi connectivity index (χ4v) is 2.99. The molecule has 1 aromatic heterocycles. The molecule has 0 bridgehead atoms. The topological polar surface area (TPSA) is 76.9 Å². The molecule has 0 saturated heterocycles. The van der Waals surface area contributed by atoms with Crippen molar-refractivity contribution in [1.82, 2.24) is 10.6 Å². The van der Waals surface area contributed by atoms with Crippen LogP contribution >= 0.6 is 35.3 Å². The van der Waals surface area contributed by atoms with Gasteiger partial charge in [-0.15, -0.1) is 35.3 Å². The Morgan fingerprint density at radius 3 is 2.77 bits per heavy atom. The normalized spacial score (nSPS) is 12.8. The van der Waals surface area contributed by atoms with E-state index in [0.717, 1.165) is 16.8 Å². The maximum absolute atomic E-state index is 10.3. The SMILES string of the molecule is CCNC(=NCC(O)c1cc2ccccc2s1)NCCO.I. The molecule has 22 heavy (non-hydrogen) atoms. The first kappa shape index (κ1) is 19.1. The second-order valence-corrected chi connectivity index (χ2v) is 5.69. The molecule has 0 aliphatic heterocycles. The van der Waals surface area contributed by atoms with E-state index in [1.165, 1.54) is 4.70 Å². The Hall–Kier alpha value is -0.900. The quantitative estimate of drug-likeness (QED) is 0.319. The van der Waals surface area contributed by atoms with Crippen LogP contribution in [0.25, 0.3) is 10.1 Å². The van der Waals surface area contributed by atoms with Crippen LogP contribution in [-0.4, -0.2) is 42.4 Å². The van der Waals surface area contributed by atoms with Gasteiger partial charge in [0.25, 0.3) is 0 Å². The molecule has 0 radical (unpaired) electrons. The van der Waals surface area contributed by atoms with Crippen LogP contribution in [0.15, 0.2) is 35.3 Å². The van der Waals surface area contributed by atoms with Gasteiger partial charge in [0, 0.05) is 22.7 Å². The molecule has 0 saturated carbocycles. The van der Waals surface area contributed by atoms with E-state index in [-0.39, 0.29) is 37.1 Å². The number of aliphatic hydroxyl groups excluding tert-OH is 2. The van der Waals surface area contributed by atoms with Gasteiger partial charge in [-0.3, -0.25) is 4.99 Å². The second-order valence-electron chi connectivity index (χ2n) is 4.57. The summed E-state index contributed by atoms with van der Waals surface area (Å²) in [6.07, 6.45) is -0.619. The molecule has 0 aliphatic carbocycles. The number of aliphatic hydroxyl groups is 2. The standard InChI is InChI=1S/C15H21N3O2S.HI/c1-2-16-15(17-7-8-19)18-10-12(20)14-9-11-5-3-4-6-13(11)21-14;/h3-6,9,12,19-20H,2,7-8,10H2,1H3,(H2,16,17,18);1H. The minimum Gasteiger partial charge on any atom is -0.395 e. The number of halogens is 1. The minimum absolute atomic E-state index is 0. The number of hydrogen-bond acceptors (Lipinski definition) is 4. The smallest absolute Gasteiger partial charge is 0.191 e. The highest BCUT2D eigenvalue weighted by Crippen LogP contribution is 2.29. The first-order valence-corrected chi connectivity index (χ1v) is 7.85. The minimum atomic E-state index is -0.619. The molecule has 2 aromatic rings. The van der Waals surface area contributed by atoms with E-state index in [9.17, 15) is 5.11 Å². The van der Waals surface area contributed by atoms with Crippen LogP contribution in [0, 0.1) is 0 Å². The Morgan fingerprint density at radius 2 is 2.09 bits per heavy atom. The molecule has 4 N–H and O–H groups in total. The van der Waals surface area contributed by atoms with E-state index in [4.69, 9.17) is 5.11 Å². The van der Waals surface area contributed by atoms with Gasteiger partial charge in [0.2, 0.25) is 0 Å². The summed E-state index contributed by atoms with van der Waals surface area (Å²) >= 11 is 1.59. The van der Waals surface area contributed by atoms with Crippen molar-refractivity contribution in [3.8, 4) is 0 Å². The predicted octanol–water partition coefficient (Wildman–Crippen LogP) is 2.10. The molecule has 5 nitrogen and oxygen atoms in total. The zero-order valence-corrected chi connectivity index (χ0v) is 15.6. The first-order chi connectivity index (χ1) is 10.2. The Labute approximate surface area is 151 Å². The van der Waals surface area contributed by atoms with Gasteiger partial charge in [0.15, 0.2) is 5.96 Å². The van der Waals surface area contributed by atoms with E-state index < -0.39 is 6.10 Å². The molecule has 1 heterocycles. The zero-order valence-electron chi connectivity index (χ0n) is 12.5. The van der Waals surface area contributed by atoms with Gasteiger partial charge in [-0.25, -0.2) is 0 Å². The van der Waals surface area contributed by atoms with Crippen LogP contribution in [0.1, 0.15) is 17.9 Å². The lowest BCUT2D eigenvalue weighted by atomic mass is 10.2. The third kappa shape index (κ3) is 5.38. The average molecular weight is 435 g/mol. The van der Waals surface area contributed by atoms with E-state index in [2.05, 4.69) is 15.6 Å². The maximum Gasteiger partial charge on any atom is 0.191 e. The number of benzene rings is 1. The first-order valence-electron chi connectivity index (χ1n) is 7.04. The molecule has 1 unspecified atom stereocenters. The molecular weight excluding hydrogens is 413 g/mol. The van der Waals surface area contributed by atoms with Crippen LogP contribution in [-0.2, 0) is 0 Å². The molecule has 0 fully saturated rings. The van der Waals surface area contributed by atoms with Crippen molar-refractivity contribution >= 4 is 51.4 Å². The summed E-state index contributed by atoms with van der Waals surface area (Å²) in [6.45, 7) is 3.47. The lowest BCUT2D eigenvalue weighted by molar-refractivity contribution is 0.191. The summed E-state index contributed by atoms with van der Waals surface area (Å²) in [5, 5.41) is 26.3. The molecule has 1 atom stereocenters. The summed E-state index contributed by atoms with van der Waals surface area (Å²) in [4.78, 5) is 5.25. The monoisotopic (exact) mass is 435 g/mol. The fourth-order valence-electron chi connectivity index (χ4n) is 1.95. The summed E-state index contributed by atoms with van der Waals surface area (Å²) in [6, 6.07) is 10.1. The van der Waals surface area contributed by atoms with Gasteiger partial charge in [-0.1, -0.05) is 18.2 Å². The number of guanidine groups is 1. The lowest BCUT2D eigenvalue weighted by Gasteiger charge is -2.11. The number of aliphatic imine (C=N–C) groups is 1. The summed E-state index contributed by atoms with van der Waals surface area (Å²) in [7, 11) is 0. The van der Waals surface area contributed by atoms with Gasteiger partial charge >= 0.3 is 0 Å². The third-order valence-corrected chi connectivity index (χ3v) is 4.16. The van der Waals surface area contributed by atoms with Gasteiger partial charge in [-0.2, -0.15) is 0 Å². The Morgan fingerprint density at radius 1 is 1.32 bits per heavy atom. The van der Waals surface area contributed by atoms with Crippen molar-refractivity contribution in [2.45, 2.75) is 13.0 Å². The van der Waals surface area contributed by atoms with Crippen LogP contribution in [0.5, 0.6) is 0 Å². The van der Waals surface area contributed by atoms with Crippen molar-refractivity contribution in [3.63, 3.8) is 0 Å². The highest BCUT2D eigenvalue weighted by molar-refractivity contribution is 14.0. The van der Waals surface area contributed by atoms with E-state index in [1.54, 1.807) is 11.3 Å². The summed E-state index contributed by atoms with van der Waals surface area (Å²) < 4.78 is 1.17. The van der Waals surface area contributed by atoms with Crippen LogP contribution in [0.2, 0.25) is 0 Å².